The molecule has 0 aromatic carbocycles. The van der Waals surface area contributed by atoms with Crippen LogP contribution in [0.4, 0.5) is 0 Å². The number of carbonyl (C=O) groups is 2. The van der Waals surface area contributed by atoms with Crippen LogP contribution in [0.2, 0.25) is 0 Å². The van der Waals surface area contributed by atoms with Crippen molar-refractivity contribution < 1.29 is 9.59 Å². The van der Waals surface area contributed by atoms with Crippen molar-refractivity contribution in [2.75, 3.05) is 12.8 Å². The molecule has 5 heteroatoms. The molecule has 2 rings (SSSR count). The predicted octanol–water partition coefficient (Wildman–Crippen LogP) is 1.79. The summed E-state index contributed by atoms with van der Waals surface area (Å²) >= 11 is 1.84. The summed E-state index contributed by atoms with van der Waals surface area (Å²) < 4.78 is 0. The number of hydrogen-bond acceptors (Lipinski definition) is 3. The van der Waals surface area contributed by atoms with Crippen molar-refractivity contribution in [3.8, 4) is 0 Å². The zero-order valence-electron chi connectivity index (χ0n) is 11.9. The van der Waals surface area contributed by atoms with Crippen molar-refractivity contribution in [1.82, 2.24) is 10.2 Å². The fourth-order valence-corrected chi connectivity index (χ4v) is 4.21. The molecular formula is C14H24N2O2S. The molecule has 3 unspecified atom stereocenters. The Hall–Kier alpha value is -0.710. The highest BCUT2D eigenvalue weighted by Crippen LogP contribution is 2.31. The van der Waals surface area contributed by atoms with Gasteiger partial charge in [0.1, 0.15) is 6.04 Å². The maximum atomic E-state index is 12.5. The van der Waals surface area contributed by atoms with Crippen molar-refractivity contribution in [2.24, 2.45) is 0 Å². The third-order valence-electron chi connectivity index (χ3n) is 4.18. The van der Waals surface area contributed by atoms with E-state index in [9.17, 15) is 9.59 Å². The molecule has 2 aliphatic rings. The lowest BCUT2D eigenvalue weighted by Crippen LogP contribution is -2.62. The number of thioether (sulfide) groups is 1. The van der Waals surface area contributed by atoms with Gasteiger partial charge in [-0.2, -0.15) is 11.8 Å². The summed E-state index contributed by atoms with van der Waals surface area (Å²) in [7, 11) is 0. The molecule has 0 radical (unpaired) electrons. The molecule has 19 heavy (non-hydrogen) atoms. The van der Waals surface area contributed by atoms with E-state index in [1.54, 1.807) is 0 Å². The maximum absolute atomic E-state index is 12.5. The molecule has 1 saturated heterocycles. The summed E-state index contributed by atoms with van der Waals surface area (Å²) in [5.41, 5.74) is 0. The summed E-state index contributed by atoms with van der Waals surface area (Å²) in [6.45, 7) is 2.30. The van der Waals surface area contributed by atoms with Gasteiger partial charge in [0.25, 0.3) is 0 Å². The van der Waals surface area contributed by atoms with E-state index in [-0.39, 0.29) is 30.4 Å². The number of amides is 2. The van der Waals surface area contributed by atoms with Gasteiger partial charge in [-0.3, -0.25) is 9.59 Å². The molecule has 1 saturated carbocycles. The van der Waals surface area contributed by atoms with Gasteiger partial charge in [-0.1, -0.05) is 26.2 Å². The topological polar surface area (TPSA) is 49.4 Å². The first kappa shape index (κ1) is 14.7. The Bertz CT molecular complexity index is 348. The fourth-order valence-electron chi connectivity index (χ4n) is 3.21. The van der Waals surface area contributed by atoms with Crippen molar-refractivity contribution in [3.05, 3.63) is 0 Å². The van der Waals surface area contributed by atoms with Crippen molar-refractivity contribution in [2.45, 2.75) is 62.8 Å². The van der Waals surface area contributed by atoms with Crippen LogP contribution in [0.15, 0.2) is 0 Å². The van der Waals surface area contributed by atoms with E-state index in [1.807, 2.05) is 23.6 Å². The van der Waals surface area contributed by atoms with Crippen LogP contribution in [0.5, 0.6) is 0 Å². The fraction of sp³-hybridized carbons (Fsp3) is 0.857. The van der Waals surface area contributed by atoms with Crippen LogP contribution >= 0.6 is 11.8 Å². The minimum atomic E-state index is -0.296. The van der Waals surface area contributed by atoms with E-state index < -0.39 is 0 Å². The van der Waals surface area contributed by atoms with Gasteiger partial charge < -0.3 is 10.2 Å². The largest absolute Gasteiger partial charge is 0.343 e. The summed E-state index contributed by atoms with van der Waals surface area (Å²) in [6.07, 6.45) is 8.40. The Kier molecular flexibility index (Phi) is 5.13. The quantitative estimate of drug-likeness (QED) is 0.856. The molecule has 0 aromatic heterocycles. The second kappa shape index (κ2) is 6.64. The molecular weight excluding hydrogens is 260 g/mol. The first-order valence-electron chi connectivity index (χ1n) is 7.30. The van der Waals surface area contributed by atoms with Gasteiger partial charge >= 0.3 is 0 Å². The number of carbonyl (C=O) groups excluding carboxylic acids is 2. The lowest BCUT2D eigenvalue weighted by Gasteiger charge is -2.43. The maximum Gasteiger partial charge on any atom is 0.245 e. The number of nitrogens with one attached hydrogen (secondary N) is 1. The second-order valence-corrected chi connectivity index (χ2v) is 6.58. The first-order valence-corrected chi connectivity index (χ1v) is 8.58. The van der Waals surface area contributed by atoms with Crippen molar-refractivity contribution in [1.29, 1.82) is 0 Å². The van der Waals surface area contributed by atoms with E-state index in [2.05, 4.69) is 11.6 Å². The molecule has 1 heterocycles. The minimum absolute atomic E-state index is 0.00322. The summed E-state index contributed by atoms with van der Waals surface area (Å²) in [4.78, 5) is 26.2. The van der Waals surface area contributed by atoms with Crippen LogP contribution in [0.25, 0.3) is 0 Å². The highest BCUT2D eigenvalue weighted by atomic mass is 32.2. The van der Waals surface area contributed by atoms with E-state index >= 15 is 0 Å². The van der Waals surface area contributed by atoms with Crippen LogP contribution < -0.4 is 5.32 Å². The molecule has 2 amide bonds. The van der Waals surface area contributed by atoms with E-state index in [4.69, 9.17) is 0 Å². The molecule has 2 fully saturated rings. The Morgan fingerprint density at radius 2 is 2.05 bits per heavy atom. The number of nitrogens with zero attached hydrogens (tertiary/aromatic N) is 1. The van der Waals surface area contributed by atoms with Crippen molar-refractivity contribution in [3.63, 3.8) is 0 Å². The minimum Gasteiger partial charge on any atom is -0.343 e. The van der Waals surface area contributed by atoms with Crippen LogP contribution in [-0.2, 0) is 9.59 Å². The van der Waals surface area contributed by atoms with Crippen molar-refractivity contribution >= 4 is 23.6 Å². The Balaban J connectivity index is 2.11. The van der Waals surface area contributed by atoms with Gasteiger partial charge in [0.15, 0.2) is 0 Å². The van der Waals surface area contributed by atoms with Gasteiger partial charge in [0.2, 0.25) is 11.8 Å². The predicted molar refractivity (Wildman–Crippen MR) is 78.1 cm³/mol. The molecule has 108 valence electrons. The monoisotopic (exact) mass is 284 g/mol. The number of piperazine rings is 1. The van der Waals surface area contributed by atoms with Gasteiger partial charge in [-0.15, -0.1) is 0 Å². The third kappa shape index (κ3) is 3.25. The van der Waals surface area contributed by atoms with Crippen LogP contribution in [-0.4, -0.2) is 46.8 Å². The van der Waals surface area contributed by atoms with Gasteiger partial charge in [-0.05, 0) is 25.5 Å². The third-order valence-corrected chi connectivity index (χ3v) is 5.33. The van der Waals surface area contributed by atoms with E-state index in [0.717, 1.165) is 25.7 Å². The molecule has 0 spiro atoms. The highest BCUT2D eigenvalue weighted by molar-refractivity contribution is 7.99. The van der Waals surface area contributed by atoms with E-state index in [1.165, 1.54) is 12.8 Å². The number of hydrogen-bond donors (Lipinski definition) is 1. The molecule has 3 atom stereocenters. The van der Waals surface area contributed by atoms with Crippen LogP contribution in [0, 0.1) is 0 Å². The highest BCUT2D eigenvalue weighted by Gasteiger charge is 2.39. The molecule has 1 N–H and O–H groups in total. The van der Waals surface area contributed by atoms with Gasteiger partial charge in [-0.25, -0.2) is 0 Å². The van der Waals surface area contributed by atoms with E-state index in [0.29, 0.717) is 5.25 Å². The Morgan fingerprint density at radius 1 is 1.32 bits per heavy atom. The average molecular weight is 284 g/mol. The van der Waals surface area contributed by atoms with Crippen LogP contribution in [0.3, 0.4) is 0 Å². The smallest absolute Gasteiger partial charge is 0.245 e. The summed E-state index contributed by atoms with van der Waals surface area (Å²) in [5.74, 6) is 0.135. The Labute approximate surface area is 119 Å². The molecule has 1 aliphatic carbocycles. The zero-order valence-corrected chi connectivity index (χ0v) is 12.7. The lowest BCUT2D eigenvalue weighted by atomic mass is 9.92. The van der Waals surface area contributed by atoms with Gasteiger partial charge in [0, 0.05) is 11.3 Å². The molecule has 4 nitrogen and oxygen atoms in total. The standard InChI is InChI=1S/C14H24N2O2S/c1-3-6-10-14(18)16(9-13(17)15-10)11-7-4-5-8-12(11)19-2/h10-12H,3-9H2,1-2H3,(H,15,17). The average Bonchev–Trinajstić information content (AvgIpc) is 2.42. The summed E-state index contributed by atoms with van der Waals surface area (Å²) in [6, 6.07) is -0.0441. The SMILES string of the molecule is CCCC1NC(=O)CN(C2CCCCC2SC)C1=O. The lowest BCUT2D eigenvalue weighted by molar-refractivity contribution is -0.147. The second-order valence-electron chi connectivity index (χ2n) is 5.50. The molecule has 0 bridgehead atoms. The first-order chi connectivity index (χ1) is 9.17. The normalized spacial score (nSPS) is 32.3. The van der Waals surface area contributed by atoms with Gasteiger partial charge in [0.05, 0.1) is 6.54 Å². The molecule has 1 aliphatic heterocycles. The summed E-state index contributed by atoms with van der Waals surface area (Å²) in [5, 5.41) is 3.32. The number of rotatable bonds is 4. The molecule has 0 aromatic rings. The Morgan fingerprint density at radius 3 is 2.74 bits per heavy atom. The van der Waals surface area contributed by atoms with Crippen LogP contribution in [0.1, 0.15) is 45.4 Å². The zero-order chi connectivity index (χ0) is 13.8.